The molecule has 0 saturated heterocycles. The summed E-state index contributed by atoms with van der Waals surface area (Å²) in [5.74, 6) is 2.16. The fourth-order valence-corrected chi connectivity index (χ4v) is 8.00. The number of nitrogens with zero attached hydrogens (tertiary/aromatic N) is 1. The molecule has 248 valence electrons. The van der Waals surface area contributed by atoms with E-state index in [9.17, 15) is 20.1 Å². The fourth-order valence-electron chi connectivity index (χ4n) is 8.00. The number of oxazole rings is 1. The first-order valence-corrected chi connectivity index (χ1v) is 17.3. The summed E-state index contributed by atoms with van der Waals surface area (Å²) < 4.78 is 12.4. The van der Waals surface area contributed by atoms with Crippen molar-refractivity contribution in [2.75, 3.05) is 6.61 Å². The Hall–Kier alpha value is -2.48. The van der Waals surface area contributed by atoms with E-state index in [1.54, 1.807) is 13.8 Å². The van der Waals surface area contributed by atoms with E-state index in [-0.39, 0.29) is 12.0 Å². The van der Waals surface area contributed by atoms with E-state index in [2.05, 4.69) is 49.7 Å². The second-order valence-electron chi connectivity index (χ2n) is 15.2. The number of unbranched alkanes of at least 4 members (excludes halogenated alkanes) is 1. The first kappa shape index (κ1) is 33.9. The number of hydrogen-bond acceptors (Lipinski definition) is 7. The van der Waals surface area contributed by atoms with Crippen LogP contribution < -0.4 is 0 Å². The number of aromatic nitrogens is 1. The summed E-state index contributed by atoms with van der Waals surface area (Å²) in [6.45, 7) is 11.8. The van der Waals surface area contributed by atoms with Gasteiger partial charge in [-0.3, -0.25) is 4.79 Å². The zero-order valence-corrected chi connectivity index (χ0v) is 27.9. The van der Waals surface area contributed by atoms with Crippen molar-refractivity contribution in [2.45, 2.75) is 135 Å². The molecule has 7 heteroatoms. The minimum atomic E-state index is -0.989. The zero-order valence-electron chi connectivity index (χ0n) is 27.9. The van der Waals surface area contributed by atoms with Gasteiger partial charge in [-0.05, 0) is 113 Å². The van der Waals surface area contributed by atoms with Crippen molar-refractivity contribution < 1.29 is 29.3 Å². The van der Waals surface area contributed by atoms with Crippen LogP contribution in [0.4, 0.5) is 0 Å². The number of hydrogen-bond donors (Lipinski definition) is 3. The van der Waals surface area contributed by atoms with E-state index in [0.717, 1.165) is 81.1 Å². The predicted octanol–water partition coefficient (Wildman–Crippen LogP) is 7.07. The maximum absolute atomic E-state index is 13.2. The van der Waals surface area contributed by atoms with Crippen molar-refractivity contribution in [1.29, 1.82) is 0 Å². The number of allylic oxidation sites excluding steroid dienone is 4. The van der Waals surface area contributed by atoms with Gasteiger partial charge >= 0.3 is 5.97 Å². The van der Waals surface area contributed by atoms with Crippen LogP contribution in [-0.4, -0.2) is 51.2 Å². The Kier molecular flexibility index (Phi) is 10.3. The Labute approximate surface area is 269 Å². The van der Waals surface area contributed by atoms with Crippen LogP contribution in [0.1, 0.15) is 116 Å². The molecule has 0 bridgehead atoms. The predicted molar refractivity (Wildman–Crippen MR) is 175 cm³/mol. The lowest BCUT2D eigenvalue weighted by atomic mass is 9.63. The lowest BCUT2D eigenvalue weighted by Gasteiger charge is -2.42. The molecule has 0 aliphatic heterocycles. The summed E-state index contributed by atoms with van der Waals surface area (Å²) >= 11 is 0. The minimum absolute atomic E-state index is 0.189. The average Bonchev–Trinajstić information content (AvgIpc) is 3.55. The molecular formula is C38H55NO6. The molecule has 0 aromatic carbocycles. The molecular weight excluding hydrogens is 566 g/mol. The third-order valence-electron chi connectivity index (χ3n) is 11.4. The normalized spacial score (nSPS) is 32.3. The van der Waals surface area contributed by atoms with Gasteiger partial charge in [-0.25, -0.2) is 4.98 Å². The van der Waals surface area contributed by atoms with Crippen LogP contribution >= 0.6 is 0 Å². The third-order valence-corrected chi connectivity index (χ3v) is 11.4. The maximum atomic E-state index is 13.2. The fraction of sp³-hybridized carbons (Fsp3) is 0.684. The van der Waals surface area contributed by atoms with Gasteiger partial charge < -0.3 is 24.5 Å². The minimum Gasteiger partial charge on any atom is -0.457 e. The van der Waals surface area contributed by atoms with Crippen LogP contribution in [0, 0.1) is 22.7 Å². The molecule has 4 saturated carbocycles. The molecule has 4 fully saturated rings. The molecule has 4 unspecified atom stereocenters. The highest BCUT2D eigenvalue weighted by Gasteiger charge is 2.56. The molecule has 3 N–H and O–H groups in total. The Morgan fingerprint density at radius 3 is 2.73 bits per heavy atom. The van der Waals surface area contributed by atoms with Crippen LogP contribution in [-0.2, 0) is 21.4 Å². The molecule has 4 aliphatic carbocycles. The number of ether oxygens (including phenoxy) is 1. The van der Waals surface area contributed by atoms with Crippen LogP contribution in [0.5, 0.6) is 0 Å². The molecule has 6 atom stereocenters. The lowest BCUT2D eigenvalue weighted by molar-refractivity contribution is -0.161. The van der Waals surface area contributed by atoms with E-state index in [0.29, 0.717) is 30.6 Å². The smallest absolute Gasteiger partial charge is 0.314 e. The van der Waals surface area contributed by atoms with Gasteiger partial charge in [0.1, 0.15) is 11.9 Å². The van der Waals surface area contributed by atoms with E-state index in [1.165, 1.54) is 12.0 Å². The SMILES string of the molecule is C=C1/C(=C\C=C2/CCCC3(C)C(C/C=C/C(OC(=O)C(C)(C)CO)C4(c5ncc(CCCC)o5)CC4)CCC23)C[C@@H](O)C[C@@H]1O. The average molecular weight is 622 g/mol. The molecule has 0 amide bonds. The highest BCUT2D eigenvalue weighted by atomic mass is 16.5. The van der Waals surface area contributed by atoms with Crippen LogP contribution in [0.2, 0.25) is 0 Å². The van der Waals surface area contributed by atoms with E-state index in [4.69, 9.17) is 9.15 Å². The van der Waals surface area contributed by atoms with Crippen molar-refractivity contribution in [2.24, 2.45) is 22.7 Å². The Bertz CT molecular complexity index is 1310. The highest BCUT2D eigenvalue weighted by Crippen LogP contribution is 2.59. The molecule has 0 radical (unpaired) electrons. The van der Waals surface area contributed by atoms with E-state index < -0.39 is 35.1 Å². The second kappa shape index (κ2) is 13.7. The standard InChI is InChI=1S/C38H55NO6/c1-6-7-12-30-23-39-34(44-30)38(19-20-38)33(45-35(43)36(3,4)24-40)13-8-11-28-16-17-31-26(10-9-18-37(28,31)5)14-15-27-21-29(41)22-32(42)25(27)2/h8,13-15,23,28-29,31-33,40-42H,2,6-7,9-12,16-22,24H2,1,3-5H3/b13-8+,26-14+,27-15-/t28?,29-,31?,32+,33?,37?/m1/s1. The lowest BCUT2D eigenvalue weighted by Crippen LogP contribution is -2.37. The number of aliphatic hydroxyl groups excluding tert-OH is 3. The third kappa shape index (κ3) is 7.11. The summed E-state index contributed by atoms with van der Waals surface area (Å²) in [5.41, 5.74) is 1.91. The number of esters is 1. The summed E-state index contributed by atoms with van der Waals surface area (Å²) in [6, 6.07) is 0. The Balaban J connectivity index is 1.32. The van der Waals surface area contributed by atoms with Gasteiger partial charge in [-0.1, -0.05) is 50.6 Å². The number of aryl methyl sites for hydroxylation is 1. The van der Waals surface area contributed by atoms with Gasteiger partial charge in [0.05, 0.1) is 35.8 Å². The number of fused-ring (bicyclic) bond motifs is 1. The number of aliphatic hydroxyl groups is 3. The number of carbonyl (C=O) groups excluding carboxylic acids is 1. The topological polar surface area (TPSA) is 113 Å². The molecule has 5 rings (SSSR count). The molecule has 1 heterocycles. The highest BCUT2D eigenvalue weighted by molar-refractivity contribution is 5.76. The van der Waals surface area contributed by atoms with Crippen molar-refractivity contribution in [1.82, 2.24) is 4.98 Å². The van der Waals surface area contributed by atoms with Crippen molar-refractivity contribution >= 4 is 5.97 Å². The van der Waals surface area contributed by atoms with Crippen LogP contribution in [0.25, 0.3) is 0 Å². The van der Waals surface area contributed by atoms with Gasteiger partial charge in [0.25, 0.3) is 0 Å². The van der Waals surface area contributed by atoms with E-state index in [1.807, 2.05) is 6.20 Å². The van der Waals surface area contributed by atoms with Crippen LogP contribution in [0.3, 0.4) is 0 Å². The van der Waals surface area contributed by atoms with Crippen molar-refractivity contribution in [3.63, 3.8) is 0 Å². The molecule has 0 spiro atoms. The van der Waals surface area contributed by atoms with Gasteiger partial charge in [0.2, 0.25) is 5.89 Å². The van der Waals surface area contributed by atoms with Crippen molar-refractivity contribution in [3.05, 3.63) is 65.5 Å². The maximum Gasteiger partial charge on any atom is 0.314 e. The van der Waals surface area contributed by atoms with E-state index >= 15 is 0 Å². The van der Waals surface area contributed by atoms with Gasteiger partial charge in [-0.2, -0.15) is 0 Å². The quantitative estimate of drug-likeness (QED) is 0.169. The molecule has 7 nitrogen and oxygen atoms in total. The number of rotatable bonds is 12. The van der Waals surface area contributed by atoms with Gasteiger partial charge in [0, 0.05) is 12.8 Å². The zero-order chi connectivity index (χ0) is 32.4. The number of carbonyl (C=O) groups is 1. The summed E-state index contributed by atoms with van der Waals surface area (Å²) in [5, 5.41) is 30.3. The summed E-state index contributed by atoms with van der Waals surface area (Å²) in [7, 11) is 0. The van der Waals surface area contributed by atoms with Crippen LogP contribution in [0.15, 0.2) is 58.2 Å². The largest absolute Gasteiger partial charge is 0.457 e. The Morgan fingerprint density at radius 1 is 1.24 bits per heavy atom. The first-order chi connectivity index (χ1) is 21.4. The molecule has 1 aromatic heterocycles. The molecule has 4 aliphatic rings. The van der Waals surface area contributed by atoms with Crippen molar-refractivity contribution in [3.8, 4) is 0 Å². The monoisotopic (exact) mass is 621 g/mol. The summed E-state index contributed by atoms with van der Waals surface area (Å²) in [4.78, 5) is 17.8. The summed E-state index contributed by atoms with van der Waals surface area (Å²) in [6.07, 6.45) is 21.0. The second-order valence-corrected chi connectivity index (χ2v) is 15.2. The van der Waals surface area contributed by atoms with Gasteiger partial charge in [0.15, 0.2) is 0 Å². The molecule has 45 heavy (non-hydrogen) atoms. The van der Waals surface area contributed by atoms with Gasteiger partial charge in [-0.15, -0.1) is 0 Å². The molecule has 1 aromatic rings. The first-order valence-electron chi connectivity index (χ1n) is 17.3. The Morgan fingerprint density at radius 2 is 2.02 bits per heavy atom.